The molecular formula is C15H22N4O. The van der Waals surface area contributed by atoms with Gasteiger partial charge in [0.1, 0.15) is 0 Å². The molecule has 1 atom stereocenters. The maximum absolute atomic E-state index is 12.4. The highest BCUT2D eigenvalue weighted by molar-refractivity contribution is 5.96. The van der Waals surface area contributed by atoms with Gasteiger partial charge < -0.3 is 9.80 Å². The summed E-state index contributed by atoms with van der Waals surface area (Å²) in [6.45, 7) is 4.40. The van der Waals surface area contributed by atoms with Gasteiger partial charge in [-0.25, -0.2) is 0 Å². The fraction of sp³-hybridized carbons (Fsp3) is 0.733. The van der Waals surface area contributed by atoms with E-state index in [2.05, 4.69) is 10.00 Å². The standard InChI is InChI=1S/C15H22N4O/c1-17-9-13(7-16-17)19-11-15(6-14(19)20)4-5-18(10-15)8-12-2-3-12/h7,9,12H,2-6,8,10-11H2,1H3/t15-/m1/s1. The smallest absolute Gasteiger partial charge is 0.227 e. The van der Waals surface area contributed by atoms with Crippen LogP contribution in [-0.4, -0.2) is 46.8 Å². The van der Waals surface area contributed by atoms with Gasteiger partial charge in [-0.05, 0) is 31.7 Å². The average molecular weight is 274 g/mol. The van der Waals surface area contributed by atoms with Crippen molar-refractivity contribution in [2.24, 2.45) is 18.4 Å². The van der Waals surface area contributed by atoms with Crippen molar-refractivity contribution < 1.29 is 4.79 Å². The van der Waals surface area contributed by atoms with Gasteiger partial charge in [-0.15, -0.1) is 0 Å². The van der Waals surface area contributed by atoms with E-state index in [0.29, 0.717) is 6.42 Å². The van der Waals surface area contributed by atoms with E-state index in [4.69, 9.17) is 0 Å². The molecule has 3 aliphatic rings. The van der Waals surface area contributed by atoms with Crippen LogP contribution in [0.1, 0.15) is 25.7 Å². The third-order valence-electron chi connectivity index (χ3n) is 5.05. The van der Waals surface area contributed by atoms with E-state index >= 15 is 0 Å². The highest BCUT2D eigenvalue weighted by atomic mass is 16.2. The van der Waals surface area contributed by atoms with Gasteiger partial charge in [-0.1, -0.05) is 0 Å². The molecule has 3 heterocycles. The average Bonchev–Trinajstić information content (AvgIpc) is 2.83. The van der Waals surface area contributed by atoms with Gasteiger partial charge in [0.25, 0.3) is 0 Å². The van der Waals surface area contributed by atoms with Crippen LogP contribution in [0.2, 0.25) is 0 Å². The zero-order chi connectivity index (χ0) is 13.7. The maximum Gasteiger partial charge on any atom is 0.227 e. The summed E-state index contributed by atoms with van der Waals surface area (Å²) in [5.74, 6) is 1.21. The highest BCUT2D eigenvalue weighted by Gasteiger charge is 2.48. The summed E-state index contributed by atoms with van der Waals surface area (Å²) >= 11 is 0. The van der Waals surface area contributed by atoms with Crippen molar-refractivity contribution in [3.05, 3.63) is 12.4 Å². The molecule has 1 aromatic rings. The zero-order valence-corrected chi connectivity index (χ0v) is 12.1. The molecule has 4 rings (SSSR count). The van der Waals surface area contributed by atoms with Gasteiger partial charge in [-0.3, -0.25) is 9.48 Å². The third kappa shape index (κ3) is 2.14. The van der Waals surface area contributed by atoms with Crippen LogP contribution in [-0.2, 0) is 11.8 Å². The fourth-order valence-electron chi connectivity index (χ4n) is 3.80. The second kappa shape index (κ2) is 4.32. The minimum Gasteiger partial charge on any atom is -0.309 e. The number of likely N-dealkylation sites (tertiary alicyclic amines) is 1. The Kier molecular flexibility index (Phi) is 2.67. The third-order valence-corrected chi connectivity index (χ3v) is 5.05. The van der Waals surface area contributed by atoms with E-state index in [1.807, 2.05) is 18.1 Å². The second-order valence-electron chi connectivity index (χ2n) is 6.96. The van der Waals surface area contributed by atoms with Crippen molar-refractivity contribution in [3.8, 4) is 0 Å². The summed E-state index contributed by atoms with van der Waals surface area (Å²) in [6.07, 6.45) is 8.43. The van der Waals surface area contributed by atoms with Crippen LogP contribution in [0, 0.1) is 11.3 Å². The second-order valence-corrected chi connectivity index (χ2v) is 6.96. The van der Waals surface area contributed by atoms with E-state index in [1.165, 1.54) is 32.4 Å². The molecule has 1 aromatic heterocycles. The lowest BCUT2D eigenvalue weighted by atomic mass is 9.86. The number of aromatic nitrogens is 2. The lowest BCUT2D eigenvalue weighted by Crippen LogP contribution is -2.32. The van der Waals surface area contributed by atoms with E-state index in [-0.39, 0.29) is 11.3 Å². The zero-order valence-electron chi connectivity index (χ0n) is 12.1. The molecule has 3 fully saturated rings. The SMILES string of the molecule is Cn1cc(N2C[C@]3(CCN(CC4CC4)C3)CC2=O)cn1. The van der Waals surface area contributed by atoms with Crippen LogP contribution in [0.5, 0.6) is 0 Å². The molecule has 1 spiro atoms. The number of hydrogen-bond donors (Lipinski definition) is 0. The van der Waals surface area contributed by atoms with Gasteiger partial charge in [0.15, 0.2) is 0 Å². The number of carbonyl (C=O) groups is 1. The Morgan fingerprint density at radius 3 is 2.95 bits per heavy atom. The summed E-state index contributed by atoms with van der Waals surface area (Å²) in [4.78, 5) is 16.9. The number of hydrogen-bond acceptors (Lipinski definition) is 3. The topological polar surface area (TPSA) is 41.4 Å². The van der Waals surface area contributed by atoms with E-state index < -0.39 is 0 Å². The first-order chi connectivity index (χ1) is 9.63. The summed E-state index contributed by atoms with van der Waals surface area (Å²) < 4.78 is 1.77. The molecule has 1 aliphatic carbocycles. The van der Waals surface area contributed by atoms with E-state index in [9.17, 15) is 4.79 Å². The summed E-state index contributed by atoms with van der Waals surface area (Å²) in [7, 11) is 1.90. The molecule has 1 saturated carbocycles. The summed E-state index contributed by atoms with van der Waals surface area (Å²) in [6, 6.07) is 0. The molecule has 5 nitrogen and oxygen atoms in total. The molecule has 5 heteroatoms. The first-order valence-electron chi connectivity index (χ1n) is 7.65. The number of carbonyl (C=O) groups excluding carboxylic acids is 1. The van der Waals surface area contributed by atoms with Crippen LogP contribution < -0.4 is 4.90 Å². The molecule has 0 bridgehead atoms. The summed E-state index contributed by atoms with van der Waals surface area (Å²) in [5, 5.41) is 4.19. The number of aryl methyl sites for hydroxylation is 1. The monoisotopic (exact) mass is 274 g/mol. The van der Waals surface area contributed by atoms with E-state index in [1.54, 1.807) is 10.9 Å². The van der Waals surface area contributed by atoms with Gasteiger partial charge >= 0.3 is 0 Å². The Labute approximate surface area is 119 Å². The number of amides is 1. The highest BCUT2D eigenvalue weighted by Crippen LogP contribution is 2.43. The van der Waals surface area contributed by atoms with Crippen molar-refractivity contribution in [2.75, 3.05) is 31.1 Å². The number of rotatable bonds is 3. The lowest BCUT2D eigenvalue weighted by molar-refractivity contribution is -0.117. The quantitative estimate of drug-likeness (QED) is 0.833. The Morgan fingerprint density at radius 1 is 1.40 bits per heavy atom. The van der Waals surface area contributed by atoms with Crippen molar-refractivity contribution in [1.82, 2.24) is 14.7 Å². The Bertz CT molecular complexity index is 536. The molecule has 2 aliphatic heterocycles. The first kappa shape index (κ1) is 12.4. The normalized spacial score (nSPS) is 30.9. The predicted molar refractivity (Wildman–Crippen MR) is 76.4 cm³/mol. The van der Waals surface area contributed by atoms with Crippen LogP contribution in [0.15, 0.2) is 12.4 Å². The molecular weight excluding hydrogens is 252 g/mol. The lowest BCUT2D eigenvalue weighted by Gasteiger charge is -2.23. The molecule has 0 aromatic carbocycles. The Balaban J connectivity index is 1.47. The molecule has 20 heavy (non-hydrogen) atoms. The van der Waals surface area contributed by atoms with Gasteiger partial charge in [-0.2, -0.15) is 5.10 Å². The van der Waals surface area contributed by atoms with Crippen LogP contribution in [0.25, 0.3) is 0 Å². The van der Waals surface area contributed by atoms with Gasteiger partial charge in [0.2, 0.25) is 5.91 Å². The molecule has 1 amide bonds. The number of nitrogens with zero attached hydrogens (tertiary/aromatic N) is 4. The Morgan fingerprint density at radius 2 is 2.25 bits per heavy atom. The molecule has 0 radical (unpaired) electrons. The Hall–Kier alpha value is -1.36. The van der Waals surface area contributed by atoms with Crippen LogP contribution >= 0.6 is 0 Å². The molecule has 0 unspecified atom stereocenters. The minimum atomic E-state index is 0.196. The summed E-state index contributed by atoms with van der Waals surface area (Å²) in [5.41, 5.74) is 1.15. The maximum atomic E-state index is 12.4. The molecule has 2 saturated heterocycles. The number of anilines is 1. The van der Waals surface area contributed by atoms with Crippen molar-refractivity contribution in [2.45, 2.75) is 25.7 Å². The minimum absolute atomic E-state index is 0.196. The largest absolute Gasteiger partial charge is 0.309 e. The predicted octanol–water partition coefficient (Wildman–Crippen LogP) is 1.26. The van der Waals surface area contributed by atoms with Crippen LogP contribution in [0.3, 0.4) is 0 Å². The van der Waals surface area contributed by atoms with Crippen molar-refractivity contribution in [1.29, 1.82) is 0 Å². The van der Waals surface area contributed by atoms with Gasteiger partial charge in [0.05, 0.1) is 11.9 Å². The molecule has 108 valence electrons. The molecule has 0 N–H and O–H groups in total. The van der Waals surface area contributed by atoms with E-state index in [0.717, 1.165) is 24.7 Å². The first-order valence-corrected chi connectivity index (χ1v) is 7.65. The van der Waals surface area contributed by atoms with Crippen molar-refractivity contribution in [3.63, 3.8) is 0 Å². The fourth-order valence-corrected chi connectivity index (χ4v) is 3.80. The van der Waals surface area contributed by atoms with Gasteiger partial charge in [0, 0.05) is 44.7 Å². The van der Waals surface area contributed by atoms with Crippen LogP contribution in [0.4, 0.5) is 5.69 Å². The van der Waals surface area contributed by atoms with Crippen molar-refractivity contribution >= 4 is 11.6 Å².